The predicted octanol–water partition coefficient (Wildman–Crippen LogP) is 7.89. The van der Waals surface area contributed by atoms with Crippen LogP contribution < -0.4 is 5.32 Å². The second-order valence-electron chi connectivity index (χ2n) is 11.6. The highest BCUT2D eigenvalue weighted by Gasteiger charge is 2.39. The molecule has 48 heavy (non-hydrogen) atoms. The van der Waals surface area contributed by atoms with E-state index in [1.807, 2.05) is 91.0 Å². The quantitative estimate of drug-likeness (QED) is 0.114. The number of carboxylic acids is 1. The third-order valence-corrected chi connectivity index (χ3v) is 9.11. The Morgan fingerprint density at radius 3 is 2.23 bits per heavy atom. The first-order chi connectivity index (χ1) is 23.4. The maximum atomic E-state index is 12.3. The van der Waals surface area contributed by atoms with E-state index in [-0.39, 0.29) is 43.5 Å². The molecule has 1 aliphatic rings. The van der Waals surface area contributed by atoms with Crippen LogP contribution >= 0.6 is 11.8 Å². The van der Waals surface area contributed by atoms with Crippen molar-refractivity contribution in [1.29, 1.82) is 0 Å². The van der Waals surface area contributed by atoms with Crippen LogP contribution in [0.25, 0.3) is 22.6 Å². The summed E-state index contributed by atoms with van der Waals surface area (Å²) in [6.07, 6.45) is -1.75. The van der Waals surface area contributed by atoms with Crippen LogP contribution in [0.3, 0.4) is 0 Å². The number of nitrogens with one attached hydrogen (secondary N) is 1. The fraction of sp³-hybridized carbons (Fsp3) is 0.237. The maximum Gasteiger partial charge on any atom is 0.303 e. The Labute approximate surface area is 282 Å². The van der Waals surface area contributed by atoms with Gasteiger partial charge in [-0.1, -0.05) is 116 Å². The summed E-state index contributed by atoms with van der Waals surface area (Å²) in [5.41, 5.74) is 5.66. The van der Waals surface area contributed by atoms with Crippen molar-refractivity contribution in [2.75, 3.05) is 11.1 Å². The molecule has 10 heteroatoms. The molecule has 1 fully saturated rings. The largest absolute Gasteiger partial charge is 0.481 e. The van der Waals surface area contributed by atoms with E-state index in [0.29, 0.717) is 28.0 Å². The van der Waals surface area contributed by atoms with Crippen LogP contribution in [0, 0.1) is 5.92 Å². The Morgan fingerprint density at radius 2 is 1.54 bits per heavy atom. The molecule has 1 aromatic heterocycles. The van der Waals surface area contributed by atoms with Gasteiger partial charge in [-0.15, -0.1) is 0 Å². The molecule has 1 amide bonds. The zero-order chi connectivity index (χ0) is 33.5. The molecular formula is C38H36N2O7S. The molecule has 1 aliphatic heterocycles. The molecule has 5 aromatic rings. The molecule has 0 unspecified atom stereocenters. The minimum atomic E-state index is -1.03. The molecule has 0 aliphatic carbocycles. The van der Waals surface area contributed by atoms with Gasteiger partial charge >= 0.3 is 5.97 Å². The van der Waals surface area contributed by atoms with E-state index in [9.17, 15) is 14.7 Å². The number of hydrogen-bond donors (Lipinski definition) is 3. The average molecular weight is 665 g/mol. The fourth-order valence-electron chi connectivity index (χ4n) is 5.61. The van der Waals surface area contributed by atoms with Gasteiger partial charge in [0.1, 0.15) is 5.69 Å². The van der Waals surface area contributed by atoms with Crippen LogP contribution in [-0.2, 0) is 25.7 Å². The summed E-state index contributed by atoms with van der Waals surface area (Å²) in [5.74, 6) is -0.255. The Bertz CT molecular complexity index is 1770. The highest BCUT2D eigenvalue weighted by molar-refractivity contribution is 7.99. The third-order valence-electron chi connectivity index (χ3n) is 8.19. The molecule has 0 radical (unpaired) electrons. The predicted molar refractivity (Wildman–Crippen MR) is 183 cm³/mol. The van der Waals surface area contributed by atoms with E-state index in [4.69, 9.17) is 24.0 Å². The van der Waals surface area contributed by atoms with Crippen molar-refractivity contribution >= 4 is 29.3 Å². The molecular weight excluding hydrogens is 628 g/mol. The molecule has 0 saturated carbocycles. The molecule has 3 N–H and O–H groups in total. The highest BCUT2D eigenvalue weighted by atomic mass is 32.2. The first-order valence-corrected chi connectivity index (χ1v) is 16.7. The number of thioether (sulfide) groups is 1. The fourth-order valence-corrected chi connectivity index (χ4v) is 6.60. The van der Waals surface area contributed by atoms with E-state index >= 15 is 0 Å². The van der Waals surface area contributed by atoms with E-state index in [0.717, 1.165) is 27.9 Å². The first-order valence-electron chi connectivity index (χ1n) is 15.7. The van der Waals surface area contributed by atoms with Crippen LogP contribution in [-0.4, -0.2) is 38.9 Å². The molecule has 0 bridgehead atoms. The van der Waals surface area contributed by atoms with Gasteiger partial charge in [0.25, 0.3) is 5.22 Å². The highest BCUT2D eigenvalue weighted by Crippen LogP contribution is 2.44. The number of benzene rings is 4. The monoisotopic (exact) mass is 664 g/mol. The lowest BCUT2D eigenvalue weighted by Gasteiger charge is -2.41. The minimum absolute atomic E-state index is 0.0522. The number of anilines is 1. The molecule has 0 spiro atoms. The van der Waals surface area contributed by atoms with Gasteiger partial charge in [-0.3, -0.25) is 9.59 Å². The number of rotatable bonds is 12. The van der Waals surface area contributed by atoms with Crippen molar-refractivity contribution < 1.29 is 33.7 Å². The number of carbonyl (C=O) groups excluding carboxylic acids is 1. The van der Waals surface area contributed by atoms with Crippen molar-refractivity contribution in [2.24, 2.45) is 5.92 Å². The second kappa shape index (κ2) is 15.4. The van der Waals surface area contributed by atoms with Gasteiger partial charge in [-0.25, -0.2) is 4.98 Å². The summed E-state index contributed by atoms with van der Waals surface area (Å²) in [7, 11) is 0. The van der Waals surface area contributed by atoms with E-state index < -0.39 is 12.3 Å². The standard InChI is InChI=1S/C38H36N2O7S/c1-24-31(23-48-38-40-34(26-9-4-2-5-10-26)36(47-38)27-11-6-3-7-12-27)45-37(46-35(24)28-17-15-25(22-41)16-18-28)29-13-8-14-30(21-29)39-32(42)19-20-33(43)44/h2-18,21,24,31,35,37,41H,19-20,22-23H2,1H3,(H,39,42)(H,43,44)/t24-,31+,35+,37+/m1/s1. The molecule has 2 heterocycles. The number of aliphatic carboxylic acids is 1. The molecule has 1 saturated heterocycles. The van der Waals surface area contributed by atoms with Crippen molar-refractivity contribution in [2.45, 2.75) is 50.1 Å². The summed E-state index contributed by atoms with van der Waals surface area (Å²) in [4.78, 5) is 28.2. The van der Waals surface area contributed by atoms with Crippen LogP contribution in [0.2, 0.25) is 0 Å². The number of carbonyl (C=O) groups is 2. The summed E-state index contributed by atoms with van der Waals surface area (Å²) in [6, 6.07) is 34.8. The van der Waals surface area contributed by atoms with Crippen molar-refractivity contribution in [3.8, 4) is 22.6 Å². The van der Waals surface area contributed by atoms with Gasteiger partial charge in [0.2, 0.25) is 5.91 Å². The minimum Gasteiger partial charge on any atom is -0.481 e. The van der Waals surface area contributed by atoms with E-state index in [1.54, 1.807) is 18.2 Å². The molecule has 9 nitrogen and oxygen atoms in total. The average Bonchev–Trinajstić information content (AvgIpc) is 3.56. The van der Waals surface area contributed by atoms with Crippen LogP contribution in [0.1, 0.15) is 48.8 Å². The number of oxazole rings is 1. The molecule has 6 rings (SSSR count). The number of aliphatic hydroxyl groups excluding tert-OH is 1. The topological polar surface area (TPSA) is 131 Å². The maximum absolute atomic E-state index is 12.3. The lowest BCUT2D eigenvalue weighted by Crippen LogP contribution is -2.38. The molecule has 4 aromatic carbocycles. The summed E-state index contributed by atoms with van der Waals surface area (Å²) in [6.45, 7) is 2.04. The lowest BCUT2D eigenvalue weighted by molar-refractivity contribution is -0.268. The lowest BCUT2D eigenvalue weighted by atomic mass is 9.91. The first kappa shape index (κ1) is 33.2. The Kier molecular flexibility index (Phi) is 10.7. The third kappa shape index (κ3) is 8.03. The normalized spacial score (nSPS) is 19.1. The number of hydrogen-bond acceptors (Lipinski definition) is 8. The second-order valence-corrected chi connectivity index (χ2v) is 12.6. The Hall–Kier alpha value is -4.74. The number of amides is 1. The van der Waals surface area contributed by atoms with Crippen molar-refractivity contribution in [3.05, 3.63) is 126 Å². The van der Waals surface area contributed by atoms with Crippen LogP contribution in [0.15, 0.2) is 119 Å². The van der Waals surface area contributed by atoms with E-state index in [2.05, 4.69) is 12.2 Å². The Balaban J connectivity index is 1.26. The van der Waals surface area contributed by atoms with Crippen LogP contribution in [0.4, 0.5) is 5.69 Å². The Morgan fingerprint density at radius 1 is 0.833 bits per heavy atom. The zero-order valence-electron chi connectivity index (χ0n) is 26.3. The zero-order valence-corrected chi connectivity index (χ0v) is 27.1. The number of ether oxygens (including phenoxy) is 2. The van der Waals surface area contributed by atoms with Crippen molar-refractivity contribution in [3.63, 3.8) is 0 Å². The van der Waals surface area contributed by atoms with Crippen molar-refractivity contribution in [1.82, 2.24) is 4.98 Å². The van der Waals surface area contributed by atoms with Gasteiger partial charge in [0.05, 0.1) is 25.2 Å². The van der Waals surface area contributed by atoms with Gasteiger partial charge in [0, 0.05) is 40.5 Å². The SMILES string of the molecule is C[C@@H]1[C@H](CSc2nc(-c3ccccc3)c(-c3ccccc3)o2)O[C@H](c2cccc(NC(=O)CCC(=O)O)c2)O[C@@H]1c1ccc(CO)cc1. The van der Waals surface area contributed by atoms with Gasteiger partial charge < -0.3 is 29.4 Å². The smallest absolute Gasteiger partial charge is 0.303 e. The van der Waals surface area contributed by atoms with Gasteiger partial charge in [-0.05, 0) is 23.3 Å². The summed E-state index contributed by atoms with van der Waals surface area (Å²) < 4.78 is 19.6. The summed E-state index contributed by atoms with van der Waals surface area (Å²) in [5, 5.41) is 21.8. The molecule has 4 atom stereocenters. The number of carboxylic acid groups (broad SMARTS) is 1. The van der Waals surface area contributed by atoms with Gasteiger partial charge in [-0.2, -0.15) is 0 Å². The number of aliphatic hydroxyl groups is 1. The number of aromatic nitrogens is 1. The summed E-state index contributed by atoms with van der Waals surface area (Å²) >= 11 is 1.48. The van der Waals surface area contributed by atoms with Crippen LogP contribution in [0.5, 0.6) is 0 Å². The number of nitrogens with zero attached hydrogens (tertiary/aromatic N) is 1. The van der Waals surface area contributed by atoms with E-state index in [1.165, 1.54) is 11.8 Å². The molecule has 246 valence electrons. The van der Waals surface area contributed by atoms with Gasteiger partial charge in [0.15, 0.2) is 12.1 Å².